The van der Waals surface area contributed by atoms with Gasteiger partial charge >= 0.3 is 18.1 Å². The Kier molecular flexibility index (Phi) is 5.69. The lowest BCUT2D eigenvalue weighted by Gasteiger charge is -2.26. The second-order valence-corrected chi connectivity index (χ2v) is 7.73. The Labute approximate surface area is 166 Å². The Morgan fingerprint density at radius 3 is 2.54 bits per heavy atom. The third kappa shape index (κ3) is 4.16. The first-order valence-corrected chi connectivity index (χ1v) is 9.44. The highest BCUT2D eigenvalue weighted by molar-refractivity contribution is 9.10. The van der Waals surface area contributed by atoms with Crippen LogP contribution < -0.4 is 0 Å². The van der Waals surface area contributed by atoms with Crippen LogP contribution in [0.4, 0.5) is 13.2 Å². The first-order valence-electron chi connectivity index (χ1n) is 8.64. The number of alkyl halides is 3. The molecule has 0 spiro atoms. The number of carboxylic acid groups (broad SMARTS) is 1. The molecule has 6 nitrogen and oxygen atoms in total. The summed E-state index contributed by atoms with van der Waals surface area (Å²) in [6.07, 6.45) is -2.55. The largest absolute Gasteiger partial charge is 0.490 e. The number of nitrogens with zero attached hydrogens (tertiary/aromatic N) is 1. The van der Waals surface area contributed by atoms with E-state index in [2.05, 4.69) is 25.7 Å². The van der Waals surface area contributed by atoms with Gasteiger partial charge in [0.05, 0.1) is 12.2 Å². The van der Waals surface area contributed by atoms with Gasteiger partial charge < -0.3 is 14.3 Å². The van der Waals surface area contributed by atoms with E-state index in [1.807, 2.05) is 0 Å². The van der Waals surface area contributed by atoms with Crippen molar-refractivity contribution in [3.8, 4) is 0 Å². The number of rotatable bonds is 4. The van der Waals surface area contributed by atoms with Gasteiger partial charge in [-0.05, 0) is 66.1 Å². The second kappa shape index (κ2) is 7.73. The number of carbonyl (C=O) groups is 2. The molecule has 152 valence electrons. The van der Waals surface area contributed by atoms with E-state index in [0.717, 1.165) is 0 Å². The van der Waals surface area contributed by atoms with Gasteiger partial charge in [-0.25, -0.2) is 14.6 Å². The SMILES string of the molecule is Cc1c(C(=O)O)c(Br)cc2oc(C3CCC(COC(=O)C(F)(F)F)CC3)nc12. The summed E-state index contributed by atoms with van der Waals surface area (Å²) in [7, 11) is 0. The molecule has 1 aromatic carbocycles. The van der Waals surface area contributed by atoms with E-state index in [0.29, 0.717) is 52.7 Å². The van der Waals surface area contributed by atoms with Crippen molar-refractivity contribution >= 4 is 39.0 Å². The standard InChI is InChI=1S/C18H17BrF3NO5/c1-8-13(16(24)25)11(19)6-12-14(8)23-15(28-12)10-4-2-9(3-5-10)7-27-17(26)18(20,21)22/h6,9-10H,2-5,7H2,1H3,(H,24,25). The van der Waals surface area contributed by atoms with E-state index in [1.54, 1.807) is 13.0 Å². The van der Waals surface area contributed by atoms with Gasteiger partial charge in [-0.3, -0.25) is 0 Å². The lowest BCUT2D eigenvalue weighted by Crippen LogP contribution is -2.28. The maximum atomic E-state index is 12.2. The molecular weight excluding hydrogens is 447 g/mol. The Bertz CT molecular complexity index is 916. The van der Waals surface area contributed by atoms with E-state index in [9.17, 15) is 27.9 Å². The predicted molar refractivity (Wildman–Crippen MR) is 95.1 cm³/mol. The highest BCUT2D eigenvalue weighted by atomic mass is 79.9. The first-order chi connectivity index (χ1) is 13.1. The summed E-state index contributed by atoms with van der Waals surface area (Å²) in [5.41, 5.74) is 1.59. The van der Waals surface area contributed by atoms with Gasteiger partial charge in [-0.1, -0.05) is 0 Å². The summed E-state index contributed by atoms with van der Waals surface area (Å²) in [5, 5.41) is 9.34. The second-order valence-electron chi connectivity index (χ2n) is 6.88. The number of esters is 1. The number of carbonyl (C=O) groups excluding carboxylic acids is 1. The number of hydrogen-bond acceptors (Lipinski definition) is 5. The number of oxazole rings is 1. The summed E-state index contributed by atoms with van der Waals surface area (Å²) in [6.45, 7) is 1.40. The Morgan fingerprint density at radius 2 is 1.96 bits per heavy atom. The molecule has 1 saturated carbocycles. The molecule has 1 aliphatic rings. The fourth-order valence-electron chi connectivity index (χ4n) is 3.49. The van der Waals surface area contributed by atoms with E-state index >= 15 is 0 Å². The van der Waals surface area contributed by atoms with Crippen molar-refractivity contribution in [2.24, 2.45) is 5.92 Å². The maximum Gasteiger partial charge on any atom is 0.490 e. The third-order valence-corrected chi connectivity index (χ3v) is 5.61. The Morgan fingerprint density at radius 1 is 1.32 bits per heavy atom. The number of aryl methyl sites for hydroxylation is 1. The zero-order valence-corrected chi connectivity index (χ0v) is 16.4. The molecule has 2 aromatic rings. The van der Waals surface area contributed by atoms with Crippen LogP contribution >= 0.6 is 15.9 Å². The summed E-state index contributed by atoms with van der Waals surface area (Å²) < 4.78 is 47.1. The topological polar surface area (TPSA) is 89.6 Å². The molecular formula is C18H17BrF3NO5. The molecule has 0 saturated heterocycles. The fraction of sp³-hybridized carbons (Fsp3) is 0.500. The normalized spacial score (nSPS) is 20.3. The molecule has 0 aliphatic heterocycles. The van der Waals surface area contributed by atoms with E-state index in [1.165, 1.54) is 0 Å². The van der Waals surface area contributed by atoms with Crippen LogP contribution in [-0.4, -0.2) is 34.8 Å². The van der Waals surface area contributed by atoms with Gasteiger partial charge in [0, 0.05) is 10.4 Å². The third-order valence-electron chi connectivity index (χ3n) is 4.99. The van der Waals surface area contributed by atoms with Crippen LogP contribution in [0.25, 0.3) is 11.1 Å². The van der Waals surface area contributed by atoms with Crippen LogP contribution in [0.15, 0.2) is 15.0 Å². The van der Waals surface area contributed by atoms with Gasteiger partial charge in [0.2, 0.25) is 0 Å². The molecule has 3 rings (SSSR count). The molecule has 0 bridgehead atoms. The molecule has 1 aliphatic carbocycles. The molecule has 0 atom stereocenters. The van der Waals surface area contributed by atoms with Crippen molar-refractivity contribution in [3.63, 3.8) is 0 Å². The highest BCUT2D eigenvalue weighted by Gasteiger charge is 2.41. The van der Waals surface area contributed by atoms with Crippen molar-refractivity contribution in [3.05, 3.63) is 27.6 Å². The van der Waals surface area contributed by atoms with Crippen LogP contribution in [-0.2, 0) is 9.53 Å². The number of aromatic carboxylic acids is 1. The van der Waals surface area contributed by atoms with Crippen molar-refractivity contribution in [1.82, 2.24) is 4.98 Å². The van der Waals surface area contributed by atoms with Crippen molar-refractivity contribution < 1.29 is 37.0 Å². The van der Waals surface area contributed by atoms with Crippen molar-refractivity contribution in [2.75, 3.05) is 6.61 Å². The number of halogens is 4. The predicted octanol–water partition coefficient (Wildman–Crippen LogP) is 4.98. The van der Waals surface area contributed by atoms with E-state index in [-0.39, 0.29) is 24.0 Å². The monoisotopic (exact) mass is 463 g/mol. The van der Waals surface area contributed by atoms with Gasteiger partial charge in [0.25, 0.3) is 0 Å². The molecule has 28 heavy (non-hydrogen) atoms. The summed E-state index contributed by atoms with van der Waals surface area (Å²) in [5.74, 6) is -2.90. The Balaban J connectivity index is 1.68. The van der Waals surface area contributed by atoms with E-state index in [4.69, 9.17) is 4.42 Å². The number of aromatic nitrogens is 1. The number of fused-ring (bicyclic) bond motifs is 1. The van der Waals surface area contributed by atoms with Crippen molar-refractivity contribution in [2.45, 2.75) is 44.7 Å². The van der Waals surface area contributed by atoms with Crippen molar-refractivity contribution in [1.29, 1.82) is 0 Å². The summed E-state index contributed by atoms with van der Waals surface area (Å²) >= 11 is 3.23. The highest BCUT2D eigenvalue weighted by Crippen LogP contribution is 2.38. The molecule has 1 aromatic heterocycles. The molecule has 1 N–H and O–H groups in total. The molecule has 1 fully saturated rings. The van der Waals surface area contributed by atoms with Crippen LogP contribution in [0.1, 0.15) is 53.4 Å². The Hall–Kier alpha value is -2.10. The van der Waals surface area contributed by atoms with Crippen LogP contribution in [0, 0.1) is 12.8 Å². The van der Waals surface area contributed by atoms with Crippen LogP contribution in [0.5, 0.6) is 0 Å². The molecule has 0 radical (unpaired) electrons. The summed E-state index contributed by atoms with van der Waals surface area (Å²) in [4.78, 5) is 26.7. The average Bonchev–Trinajstić information content (AvgIpc) is 3.03. The van der Waals surface area contributed by atoms with Gasteiger partial charge in [-0.15, -0.1) is 0 Å². The maximum absolute atomic E-state index is 12.2. The fourth-order valence-corrected chi connectivity index (χ4v) is 4.16. The van der Waals surface area contributed by atoms with Gasteiger partial charge in [0.1, 0.15) is 5.52 Å². The number of hydrogen-bond donors (Lipinski definition) is 1. The average molecular weight is 464 g/mol. The number of ether oxygens (including phenoxy) is 1. The first kappa shape index (κ1) is 20.6. The quantitative estimate of drug-likeness (QED) is 0.643. The van der Waals surface area contributed by atoms with Gasteiger partial charge in [0.15, 0.2) is 11.5 Å². The van der Waals surface area contributed by atoms with Crippen LogP contribution in [0.2, 0.25) is 0 Å². The minimum Gasteiger partial charge on any atom is -0.478 e. The number of benzene rings is 1. The molecule has 10 heteroatoms. The molecule has 0 amide bonds. The minimum absolute atomic E-state index is 0.0200. The van der Waals surface area contributed by atoms with Crippen LogP contribution in [0.3, 0.4) is 0 Å². The molecule has 0 unspecified atom stereocenters. The smallest absolute Gasteiger partial charge is 0.478 e. The zero-order chi connectivity index (χ0) is 20.6. The lowest BCUT2D eigenvalue weighted by atomic mass is 9.82. The zero-order valence-electron chi connectivity index (χ0n) is 14.8. The number of carboxylic acids is 1. The minimum atomic E-state index is -4.98. The van der Waals surface area contributed by atoms with Gasteiger partial charge in [-0.2, -0.15) is 13.2 Å². The lowest BCUT2D eigenvalue weighted by molar-refractivity contribution is -0.201. The van der Waals surface area contributed by atoms with E-state index < -0.39 is 18.1 Å². The summed E-state index contributed by atoms with van der Waals surface area (Å²) in [6, 6.07) is 1.57. The molecule has 1 heterocycles.